The highest BCUT2D eigenvalue weighted by Crippen LogP contribution is 2.21. The van der Waals surface area contributed by atoms with Crippen LogP contribution in [0.15, 0.2) is 55.1 Å². The maximum Gasteiger partial charge on any atom is 0.255 e. The first-order valence-electron chi connectivity index (χ1n) is 8.70. The molecule has 0 aliphatic heterocycles. The van der Waals surface area contributed by atoms with Gasteiger partial charge < -0.3 is 5.32 Å². The lowest BCUT2D eigenvalue weighted by molar-refractivity contribution is 0.102. The molecule has 2 aromatic carbocycles. The molecule has 0 unspecified atom stereocenters. The zero-order valence-corrected chi connectivity index (χ0v) is 16.4. The Morgan fingerprint density at radius 2 is 1.89 bits per heavy atom. The molecule has 3 rings (SSSR count). The summed E-state index contributed by atoms with van der Waals surface area (Å²) in [6.45, 7) is 3.93. The van der Waals surface area contributed by atoms with Gasteiger partial charge >= 0.3 is 0 Å². The van der Waals surface area contributed by atoms with Gasteiger partial charge in [0, 0.05) is 11.3 Å². The molecule has 1 aromatic heterocycles. The van der Waals surface area contributed by atoms with Crippen molar-refractivity contribution in [3.8, 4) is 0 Å². The largest absolute Gasteiger partial charge is 0.322 e. The van der Waals surface area contributed by atoms with Crippen LogP contribution in [0.5, 0.6) is 0 Å². The quantitative estimate of drug-likeness (QED) is 0.635. The highest BCUT2D eigenvalue weighted by Gasteiger charge is 2.11. The van der Waals surface area contributed by atoms with Gasteiger partial charge in [-0.15, -0.1) is 0 Å². The summed E-state index contributed by atoms with van der Waals surface area (Å²) in [5.74, 6) is -0.244. The zero-order valence-electron chi connectivity index (χ0n) is 15.6. The van der Waals surface area contributed by atoms with Crippen LogP contribution < -0.4 is 10.0 Å². The summed E-state index contributed by atoms with van der Waals surface area (Å²) in [7, 11) is -3.34. The molecule has 9 heteroatoms. The number of nitrogens with zero attached hydrogens (tertiary/aromatic N) is 3. The first-order chi connectivity index (χ1) is 13.4. The first-order valence-corrected chi connectivity index (χ1v) is 10.4. The van der Waals surface area contributed by atoms with Crippen molar-refractivity contribution in [1.29, 1.82) is 0 Å². The predicted molar refractivity (Wildman–Crippen MR) is 108 cm³/mol. The van der Waals surface area contributed by atoms with Crippen molar-refractivity contribution in [2.45, 2.75) is 20.4 Å². The molecule has 1 heterocycles. The van der Waals surface area contributed by atoms with Gasteiger partial charge in [0.1, 0.15) is 12.7 Å². The molecule has 0 saturated carbocycles. The van der Waals surface area contributed by atoms with Gasteiger partial charge in [0.05, 0.1) is 18.0 Å². The SMILES string of the molecule is CCS(=O)(=O)Nc1ccc(NC(=O)c2ccc(Cn3cncn3)cc2)cc1C. The lowest BCUT2D eigenvalue weighted by Crippen LogP contribution is -2.16. The van der Waals surface area contributed by atoms with Gasteiger partial charge in [-0.3, -0.25) is 9.52 Å². The molecule has 0 aliphatic carbocycles. The number of carbonyl (C=O) groups excluding carboxylic acids is 1. The number of aryl methyl sites for hydroxylation is 1. The summed E-state index contributed by atoms with van der Waals surface area (Å²) in [4.78, 5) is 16.4. The van der Waals surface area contributed by atoms with Crippen LogP contribution in [0.25, 0.3) is 0 Å². The van der Waals surface area contributed by atoms with E-state index < -0.39 is 10.0 Å². The summed E-state index contributed by atoms with van der Waals surface area (Å²) in [6.07, 6.45) is 3.11. The summed E-state index contributed by atoms with van der Waals surface area (Å²) in [5, 5.41) is 6.88. The molecule has 0 bridgehead atoms. The number of nitrogens with one attached hydrogen (secondary N) is 2. The Morgan fingerprint density at radius 3 is 2.50 bits per heavy atom. The molecule has 0 saturated heterocycles. The van der Waals surface area contributed by atoms with E-state index in [-0.39, 0.29) is 11.7 Å². The van der Waals surface area contributed by atoms with E-state index in [0.29, 0.717) is 23.5 Å². The summed E-state index contributed by atoms with van der Waals surface area (Å²) < 4.78 is 27.6. The molecule has 0 radical (unpaired) electrons. The molecule has 8 nitrogen and oxygen atoms in total. The van der Waals surface area contributed by atoms with Gasteiger partial charge in [0.25, 0.3) is 5.91 Å². The number of hydrogen-bond donors (Lipinski definition) is 2. The van der Waals surface area contributed by atoms with Gasteiger partial charge in [-0.1, -0.05) is 12.1 Å². The monoisotopic (exact) mass is 399 g/mol. The van der Waals surface area contributed by atoms with Gasteiger partial charge in [-0.05, 0) is 55.3 Å². The minimum absolute atomic E-state index is 0.00215. The lowest BCUT2D eigenvalue weighted by Gasteiger charge is -2.12. The number of amides is 1. The van der Waals surface area contributed by atoms with Crippen LogP contribution >= 0.6 is 0 Å². The second-order valence-electron chi connectivity index (χ2n) is 6.28. The minimum Gasteiger partial charge on any atom is -0.322 e. The second kappa shape index (κ2) is 8.22. The van der Waals surface area contributed by atoms with Crippen molar-refractivity contribution >= 4 is 27.3 Å². The Kier molecular flexibility index (Phi) is 5.74. The average molecular weight is 399 g/mol. The molecule has 2 N–H and O–H groups in total. The highest BCUT2D eigenvalue weighted by molar-refractivity contribution is 7.92. The normalized spacial score (nSPS) is 11.2. The van der Waals surface area contributed by atoms with Crippen molar-refractivity contribution in [3.63, 3.8) is 0 Å². The van der Waals surface area contributed by atoms with E-state index in [2.05, 4.69) is 20.1 Å². The van der Waals surface area contributed by atoms with Gasteiger partial charge in [-0.2, -0.15) is 5.10 Å². The fourth-order valence-electron chi connectivity index (χ4n) is 2.56. The predicted octanol–water partition coefficient (Wildman–Crippen LogP) is 2.65. The second-order valence-corrected chi connectivity index (χ2v) is 8.29. The first kappa shape index (κ1) is 19.6. The Labute approximate surface area is 163 Å². The Morgan fingerprint density at radius 1 is 1.14 bits per heavy atom. The maximum absolute atomic E-state index is 12.5. The van der Waals surface area contributed by atoms with Gasteiger partial charge in [-0.25, -0.2) is 18.1 Å². The third kappa shape index (κ3) is 4.95. The van der Waals surface area contributed by atoms with Crippen LogP contribution in [0, 0.1) is 6.92 Å². The van der Waals surface area contributed by atoms with E-state index >= 15 is 0 Å². The van der Waals surface area contributed by atoms with Crippen molar-refractivity contribution < 1.29 is 13.2 Å². The van der Waals surface area contributed by atoms with Crippen LogP contribution in [-0.4, -0.2) is 34.8 Å². The van der Waals surface area contributed by atoms with Crippen molar-refractivity contribution in [3.05, 3.63) is 71.8 Å². The van der Waals surface area contributed by atoms with Crippen molar-refractivity contribution in [1.82, 2.24) is 14.8 Å². The Bertz CT molecular complexity index is 1060. The third-order valence-corrected chi connectivity index (χ3v) is 5.45. The molecule has 1 amide bonds. The smallest absolute Gasteiger partial charge is 0.255 e. The number of benzene rings is 2. The molecule has 0 spiro atoms. The molecule has 28 heavy (non-hydrogen) atoms. The van der Waals surface area contributed by atoms with E-state index in [9.17, 15) is 13.2 Å². The highest BCUT2D eigenvalue weighted by atomic mass is 32.2. The lowest BCUT2D eigenvalue weighted by atomic mass is 10.1. The molecule has 0 fully saturated rings. The molecule has 3 aromatic rings. The summed E-state index contributed by atoms with van der Waals surface area (Å²) >= 11 is 0. The van der Waals surface area contributed by atoms with Crippen LogP contribution in [-0.2, 0) is 16.6 Å². The fraction of sp³-hybridized carbons (Fsp3) is 0.211. The molecule has 146 valence electrons. The van der Waals surface area contributed by atoms with E-state index in [1.165, 1.54) is 6.33 Å². The Hall–Kier alpha value is -3.20. The number of aromatic nitrogens is 3. The van der Waals surface area contributed by atoms with Crippen LogP contribution in [0.3, 0.4) is 0 Å². The van der Waals surface area contributed by atoms with Crippen LogP contribution in [0.1, 0.15) is 28.4 Å². The van der Waals surface area contributed by atoms with Crippen LogP contribution in [0.4, 0.5) is 11.4 Å². The number of carbonyl (C=O) groups is 1. The van der Waals surface area contributed by atoms with Crippen LogP contribution in [0.2, 0.25) is 0 Å². The molecular formula is C19H21N5O3S. The summed E-state index contributed by atoms with van der Waals surface area (Å²) in [5.41, 5.74) is 3.34. The molecule has 0 aliphatic rings. The van der Waals surface area contributed by atoms with E-state index in [1.807, 2.05) is 12.1 Å². The average Bonchev–Trinajstić information content (AvgIpc) is 3.17. The fourth-order valence-corrected chi connectivity index (χ4v) is 3.27. The van der Waals surface area contributed by atoms with Crippen molar-refractivity contribution in [2.75, 3.05) is 15.8 Å². The van der Waals surface area contributed by atoms with Gasteiger partial charge in [0.2, 0.25) is 10.0 Å². The summed E-state index contributed by atoms with van der Waals surface area (Å²) in [6, 6.07) is 12.3. The molecule has 0 atom stereocenters. The topological polar surface area (TPSA) is 106 Å². The van der Waals surface area contributed by atoms with E-state index in [0.717, 1.165) is 11.1 Å². The standard InChI is InChI=1S/C19H21N5O3S/c1-3-28(26,27)23-18-9-8-17(10-14(18)2)22-19(25)16-6-4-15(5-7-16)11-24-13-20-12-21-24/h4-10,12-13,23H,3,11H2,1-2H3,(H,22,25). The number of hydrogen-bond acceptors (Lipinski definition) is 5. The van der Waals surface area contributed by atoms with Crippen molar-refractivity contribution in [2.24, 2.45) is 0 Å². The van der Waals surface area contributed by atoms with Gasteiger partial charge in [0.15, 0.2) is 0 Å². The zero-order chi connectivity index (χ0) is 20.1. The molecular weight excluding hydrogens is 378 g/mol. The van der Waals surface area contributed by atoms with E-state index in [4.69, 9.17) is 0 Å². The Balaban J connectivity index is 1.66. The van der Waals surface area contributed by atoms with E-state index in [1.54, 1.807) is 55.2 Å². The number of sulfonamides is 1. The maximum atomic E-state index is 12.5. The number of anilines is 2. The minimum atomic E-state index is -3.34. The number of rotatable bonds is 7. The third-order valence-electron chi connectivity index (χ3n) is 4.16.